The molecular formula is C17H18O3. The number of phenols is 2. The van der Waals surface area contributed by atoms with Gasteiger partial charge in [0.25, 0.3) is 0 Å². The first-order valence-corrected chi connectivity index (χ1v) is 6.85. The third-order valence-electron chi connectivity index (χ3n) is 4.23. The first kappa shape index (κ1) is 12.9. The lowest BCUT2D eigenvalue weighted by molar-refractivity contribution is 0.106. The number of rotatable bonds is 1. The summed E-state index contributed by atoms with van der Waals surface area (Å²) in [7, 11) is 0. The van der Waals surface area contributed by atoms with Crippen LogP contribution >= 0.6 is 0 Å². The van der Waals surface area contributed by atoms with Gasteiger partial charge in [-0.05, 0) is 41.8 Å². The number of hydrogen-bond acceptors (Lipinski definition) is 3. The van der Waals surface area contributed by atoms with Crippen LogP contribution in [0, 0.1) is 5.92 Å². The van der Waals surface area contributed by atoms with Gasteiger partial charge in [-0.3, -0.25) is 0 Å². The molecule has 0 fully saturated rings. The van der Waals surface area contributed by atoms with Crippen LogP contribution in [0.2, 0.25) is 0 Å². The average Bonchev–Trinajstić information content (AvgIpc) is 2.44. The van der Waals surface area contributed by atoms with Crippen LogP contribution in [-0.2, 0) is 0 Å². The van der Waals surface area contributed by atoms with Gasteiger partial charge in [-0.15, -0.1) is 0 Å². The van der Waals surface area contributed by atoms with Gasteiger partial charge < -0.3 is 14.9 Å². The second-order valence-electron chi connectivity index (χ2n) is 5.50. The Morgan fingerprint density at radius 2 is 1.55 bits per heavy atom. The van der Waals surface area contributed by atoms with E-state index < -0.39 is 0 Å². The summed E-state index contributed by atoms with van der Waals surface area (Å²) >= 11 is 0. The molecule has 3 nitrogen and oxygen atoms in total. The number of phenolic OH excluding ortho intramolecular Hbond substituents is 2. The minimum absolute atomic E-state index is 0.0392. The first-order chi connectivity index (χ1) is 9.56. The molecule has 0 amide bonds. The number of benzene rings is 2. The largest absolute Gasteiger partial charge is 0.508 e. The lowest BCUT2D eigenvalue weighted by atomic mass is 9.80. The van der Waals surface area contributed by atoms with Gasteiger partial charge in [0.05, 0.1) is 0 Å². The van der Waals surface area contributed by atoms with E-state index in [4.69, 9.17) is 4.74 Å². The molecule has 20 heavy (non-hydrogen) atoms. The van der Waals surface area contributed by atoms with E-state index in [0.717, 1.165) is 16.9 Å². The lowest BCUT2D eigenvalue weighted by Crippen LogP contribution is -2.26. The Balaban J connectivity index is 1.99. The van der Waals surface area contributed by atoms with Gasteiger partial charge in [-0.25, -0.2) is 0 Å². The number of fused-ring (bicyclic) bond motifs is 1. The molecule has 3 rings (SSSR count). The molecule has 1 aliphatic rings. The zero-order chi connectivity index (χ0) is 14.3. The fourth-order valence-corrected chi connectivity index (χ4v) is 2.82. The third kappa shape index (κ3) is 2.09. The Labute approximate surface area is 118 Å². The van der Waals surface area contributed by atoms with Crippen LogP contribution in [0.3, 0.4) is 0 Å². The highest BCUT2D eigenvalue weighted by Crippen LogP contribution is 2.46. The Hall–Kier alpha value is -2.16. The zero-order valence-electron chi connectivity index (χ0n) is 11.6. The highest BCUT2D eigenvalue weighted by molar-refractivity contribution is 5.44. The molecule has 0 aliphatic carbocycles. The van der Waals surface area contributed by atoms with E-state index in [9.17, 15) is 10.2 Å². The van der Waals surface area contributed by atoms with Gasteiger partial charge in [0.15, 0.2) is 0 Å². The van der Waals surface area contributed by atoms with E-state index in [1.165, 1.54) is 0 Å². The van der Waals surface area contributed by atoms with Gasteiger partial charge in [-0.1, -0.05) is 26.0 Å². The normalized spacial score (nSPS) is 24.8. The highest BCUT2D eigenvalue weighted by atomic mass is 16.5. The Morgan fingerprint density at radius 3 is 2.25 bits per heavy atom. The molecule has 0 saturated heterocycles. The number of hydrogen-bond donors (Lipinski definition) is 2. The Kier molecular flexibility index (Phi) is 3.05. The molecule has 0 saturated carbocycles. The summed E-state index contributed by atoms with van der Waals surface area (Å²) in [5.41, 5.74) is 2.11. The van der Waals surface area contributed by atoms with Crippen molar-refractivity contribution >= 4 is 0 Å². The molecule has 1 aliphatic heterocycles. The van der Waals surface area contributed by atoms with Gasteiger partial charge in [0.1, 0.15) is 23.4 Å². The van der Waals surface area contributed by atoms with Crippen molar-refractivity contribution in [3.05, 3.63) is 53.6 Å². The smallest absolute Gasteiger partial charge is 0.127 e. The molecule has 3 heteroatoms. The maximum atomic E-state index is 9.62. The van der Waals surface area contributed by atoms with E-state index >= 15 is 0 Å². The number of ether oxygens (including phenoxy) is 1. The Morgan fingerprint density at radius 1 is 0.900 bits per heavy atom. The van der Waals surface area contributed by atoms with E-state index in [1.54, 1.807) is 24.3 Å². The minimum atomic E-state index is -0.0392. The molecule has 1 unspecified atom stereocenters. The van der Waals surface area contributed by atoms with E-state index in [0.29, 0.717) is 5.92 Å². The summed E-state index contributed by atoms with van der Waals surface area (Å²) in [5, 5.41) is 19.0. The van der Waals surface area contributed by atoms with Crippen LogP contribution in [0.5, 0.6) is 17.2 Å². The van der Waals surface area contributed by atoms with Crippen LogP contribution in [0.4, 0.5) is 0 Å². The maximum Gasteiger partial charge on any atom is 0.127 e. The monoisotopic (exact) mass is 270 g/mol. The van der Waals surface area contributed by atoms with Gasteiger partial charge in [0.2, 0.25) is 0 Å². The quantitative estimate of drug-likeness (QED) is 0.824. The molecule has 2 aromatic rings. The van der Waals surface area contributed by atoms with Crippen molar-refractivity contribution in [3.63, 3.8) is 0 Å². The van der Waals surface area contributed by atoms with Crippen molar-refractivity contribution in [1.82, 2.24) is 0 Å². The molecular weight excluding hydrogens is 252 g/mol. The lowest BCUT2D eigenvalue weighted by Gasteiger charge is -2.36. The molecule has 104 valence electrons. The SMILES string of the molecule is C[C@@H]1c2cc(O)ccc2OC(c2ccc(O)cc2)[C@@H]1C. The fraction of sp³-hybridized carbons (Fsp3) is 0.294. The van der Waals surface area contributed by atoms with Crippen LogP contribution < -0.4 is 4.74 Å². The van der Waals surface area contributed by atoms with Crippen molar-refractivity contribution in [2.24, 2.45) is 5.92 Å². The highest BCUT2D eigenvalue weighted by Gasteiger charge is 2.33. The van der Waals surface area contributed by atoms with Crippen LogP contribution in [0.1, 0.15) is 37.0 Å². The van der Waals surface area contributed by atoms with Gasteiger partial charge >= 0.3 is 0 Å². The molecule has 0 radical (unpaired) electrons. The Bertz CT molecular complexity index is 619. The fourth-order valence-electron chi connectivity index (χ4n) is 2.82. The van der Waals surface area contributed by atoms with E-state index in [-0.39, 0.29) is 23.5 Å². The van der Waals surface area contributed by atoms with Crippen molar-refractivity contribution in [2.75, 3.05) is 0 Å². The molecule has 2 aromatic carbocycles. The molecule has 0 spiro atoms. The second-order valence-corrected chi connectivity index (χ2v) is 5.50. The summed E-state index contributed by atoms with van der Waals surface area (Å²) in [6, 6.07) is 12.4. The second kappa shape index (κ2) is 4.75. The third-order valence-corrected chi connectivity index (χ3v) is 4.23. The van der Waals surface area contributed by atoms with Crippen LogP contribution in [0.25, 0.3) is 0 Å². The first-order valence-electron chi connectivity index (χ1n) is 6.85. The van der Waals surface area contributed by atoms with Gasteiger partial charge in [-0.2, -0.15) is 0 Å². The molecule has 3 atom stereocenters. The summed E-state index contributed by atoms with van der Waals surface area (Å²) in [4.78, 5) is 0. The average molecular weight is 270 g/mol. The predicted molar refractivity (Wildman–Crippen MR) is 77.2 cm³/mol. The molecule has 1 heterocycles. The zero-order valence-corrected chi connectivity index (χ0v) is 11.6. The number of aromatic hydroxyl groups is 2. The molecule has 0 bridgehead atoms. The van der Waals surface area contributed by atoms with Crippen molar-refractivity contribution < 1.29 is 14.9 Å². The summed E-state index contributed by atoms with van der Waals surface area (Å²) < 4.78 is 6.10. The molecule has 2 N–H and O–H groups in total. The van der Waals surface area contributed by atoms with E-state index in [1.807, 2.05) is 18.2 Å². The topological polar surface area (TPSA) is 49.7 Å². The van der Waals surface area contributed by atoms with Crippen molar-refractivity contribution in [1.29, 1.82) is 0 Å². The summed E-state index contributed by atoms with van der Waals surface area (Å²) in [6.07, 6.45) is -0.0392. The van der Waals surface area contributed by atoms with Crippen molar-refractivity contribution in [2.45, 2.75) is 25.9 Å². The van der Waals surface area contributed by atoms with E-state index in [2.05, 4.69) is 13.8 Å². The maximum absolute atomic E-state index is 9.62. The predicted octanol–water partition coefficient (Wildman–Crippen LogP) is 3.97. The van der Waals surface area contributed by atoms with Crippen LogP contribution in [-0.4, -0.2) is 10.2 Å². The molecule has 0 aromatic heterocycles. The summed E-state index contributed by atoms with van der Waals surface area (Å²) in [6.45, 7) is 4.30. The van der Waals surface area contributed by atoms with Crippen molar-refractivity contribution in [3.8, 4) is 17.2 Å². The van der Waals surface area contributed by atoms with Gasteiger partial charge in [0, 0.05) is 11.5 Å². The summed E-state index contributed by atoms with van der Waals surface area (Å²) in [5.74, 6) is 1.94. The minimum Gasteiger partial charge on any atom is -0.508 e. The standard InChI is InChI=1S/C17H18O3/c1-10-11(2)17(12-3-5-13(18)6-4-12)20-16-8-7-14(19)9-15(10)16/h3-11,17-19H,1-2H3/t10-,11+,17?/m0/s1. The van der Waals surface area contributed by atoms with Crippen LogP contribution in [0.15, 0.2) is 42.5 Å².